The zero-order valence-corrected chi connectivity index (χ0v) is 11.9. The number of methoxy groups -OCH3 is 1. The summed E-state index contributed by atoms with van der Waals surface area (Å²) in [4.78, 5) is 12.1. The minimum atomic E-state index is -0.191. The average molecular weight is 278 g/mol. The number of ether oxygens (including phenoxy) is 2. The van der Waals surface area contributed by atoms with Crippen molar-refractivity contribution < 1.29 is 14.3 Å². The van der Waals surface area contributed by atoms with Crippen molar-refractivity contribution in [1.29, 1.82) is 0 Å². The molecule has 5 heteroatoms. The highest BCUT2D eigenvalue weighted by molar-refractivity contribution is 5.98. The van der Waals surface area contributed by atoms with Crippen molar-refractivity contribution in [2.24, 2.45) is 0 Å². The molecule has 1 saturated carbocycles. The first kappa shape index (κ1) is 14.7. The van der Waals surface area contributed by atoms with E-state index in [4.69, 9.17) is 15.2 Å². The van der Waals surface area contributed by atoms with Gasteiger partial charge in [0.1, 0.15) is 0 Å². The maximum absolute atomic E-state index is 12.1. The van der Waals surface area contributed by atoms with Crippen LogP contribution in [0.15, 0.2) is 18.2 Å². The number of nitrogens with one attached hydrogen (secondary N) is 1. The van der Waals surface area contributed by atoms with Gasteiger partial charge >= 0.3 is 0 Å². The van der Waals surface area contributed by atoms with Gasteiger partial charge in [0.05, 0.1) is 31.1 Å². The van der Waals surface area contributed by atoms with Crippen LogP contribution in [0.4, 0.5) is 5.69 Å². The highest BCUT2D eigenvalue weighted by Crippen LogP contribution is 2.25. The summed E-state index contributed by atoms with van der Waals surface area (Å²) in [6.45, 7) is 1.04. The molecule has 1 fully saturated rings. The Bertz CT molecular complexity index is 456. The summed E-state index contributed by atoms with van der Waals surface area (Å²) in [6, 6.07) is 5.14. The van der Waals surface area contributed by atoms with E-state index in [1.807, 2.05) is 0 Å². The molecule has 0 aromatic heterocycles. The van der Waals surface area contributed by atoms with E-state index >= 15 is 0 Å². The fourth-order valence-electron chi connectivity index (χ4n) is 2.50. The Hall–Kier alpha value is -1.75. The lowest BCUT2D eigenvalue weighted by molar-refractivity contribution is 0.0581. The van der Waals surface area contributed by atoms with E-state index in [2.05, 4.69) is 5.32 Å². The van der Waals surface area contributed by atoms with Crippen LogP contribution >= 0.6 is 0 Å². The van der Waals surface area contributed by atoms with Gasteiger partial charge in [-0.05, 0) is 25.0 Å². The van der Waals surface area contributed by atoms with E-state index in [1.165, 1.54) is 20.0 Å². The minimum Gasteiger partial charge on any atom is -0.494 e. The molecule has 20 heavy (non-hydrogen) atoms. The number of nitrogens with two attached hydrogens (primary N) is 1. The van der Waals surface area contributed by atoms with Gasteiger partial charge in [-0.1, -0.05) is 18.9 Å². The lowest BCUT2D eigenvalue weighted by Gasteiger charge is -2.13. The summed E-state index contributed by atoms with van der Waals surface area (Å²) in [7, 11) is 1.51. The Kier molecular flexibility index (Phi) is 5.24. The van der Waals surface area contributed by atoms with Crippen LogP contribution in [0.25, 0.3) is 0 Å². The van der Waals surface area contributed by atoms with E-state index < -0.39 is 0 Å². The van der Waals surface area contributed by atoms with Gasteiger partial charge < -0.3 is 20.5 Å². The number of hydrogen-bond donors (Lipinski definition) is 2. The fourth-order valence-corrected chi connectivity index (χ4v) is 2.50. The predicted molar refractivity (Wildman–Crippen MR) is 77.9 cm³/mol. The normalized spacial score (nSPS) is 15.2. The van der Waals surface area contributed by atoms with E-state index in [0.717, 1.165) is 12.8 Å². The fraction of sp³-hybridized carbons (Fsp3) is 0.533. The number of carbonyl (C=O) groups is 1. The second-order valence-corrected chi connectivity index (χ2v) is 4.96. The molecule has 2 rings (SSSR count). The molecule has 0 bridgehead atoms. The van der Waals surface area contributed by atoms with Crippen molar-refractivity contribution in [2.45, 2.75) is 31.8 Å². The summed E-state index contributed by atoms with van der Waals surface area (Å²) in [5.74, 6) is 0.228. The van der Waals surface area contributed by atoms with Crippen molar-refractivity contribution in [2.75, 3.05) is 26.0 Å². The van der Waals surface area contributed by atoms with Crippen molar-refractivity contribution in [1.82, 2.24) is 5.32 Å². The van der Waals surface area contributed by atoms with Crippen molar-refractivity contribution in [3.63, 3.8) is 0 Å². The minimum absolute atomic E-state index is 0.191. The quantitative estimate of drug-likeness (QED) is 0.616. The highest BCUT2D eigenvalue weighted by Gasteiger charge is 2.16. The lowest BCUT2D eigenvalue weighted by atomic mass is 10.1. The van der Waals surface area contributed by atoms with Gasteiger partial charge in [-0.2, -0.15) is 0 Å². The zero-order valence-electron chi connectivity index (χ0n) is 11.9. The topological polar surface area (TPSA) is 73.6 Å². The van der Waals surface area contributed by atoms with E-state index in [-0.39, 0.29) is 5.91 Å². The highest BCUT2D eigenvalue weighted by atomic mass is 16.5. The van der Waals surface area contributed by atoms with Gasteiger partial charge in [0.2, 0.25) is 0 Å². The summed E-state index contributed by atoms with van der Waals surface area (Å²) in [5.41, 5.74) is 6.69. The lowest BCUT2D eigenvalue weighted by Crippen LogP contribution is -2.28. The Morgan fingerprint density at radius 1 is 1.40 bits per heavy atom. The first-order chi connectivity index (χ1) is 9.72. The number of nitrogen functional groups attached to an aromatic ring is 1. The number of carbonyl (C=O) groups excluding carboxylic acids is 1. The molecule has 3 N–H and O–H groups in total. The predicted octanol–water partition coefficient (Wildman–Crippen LogP) is 1.97. The van der Waals surface area contributed by atoms with Crippen molar-refractivity contribution in [3.8, 4) is 5.75 Å². The Labute approximate surface area is 119 Å². The Balaban J connectivity index is 1.81. The van der Waals surface area contributed by atoms with Crippen LogP contribution in [0, 0.1) is 0 Å². The molecule has 5 nitrogen and oxygen atoms in total. The largest absolute Gasteiger partial charge is 0.494 e. The van der Waals surface area contributed by atoms with Crippen molar-refractivity contribution in [3.05, 3.63) is 23.8 Å². The third-order valence-electron chi connectivity index (χ3n) is 3.54. The van der Waals surface area contributed by atoms with Crippen LogP contribution in [0.2, 0.25) is 0 Å². The van der Waals surface area contributed by atoms with E-state index in [0.29, 0.717) is 36.3 Å². The van der Waals surface area contributed by atoms with Crippen LogP contribution < -0.4 is 15.8 Å². The second-order valence-electron chi connectivity index (χ2n) is 4.96. The molecule has 0 unspecified atom stereocenters. The molecule has 1 aromatic carbocycles. The maximum Gasteiger partial charge on any atom is 0.255 e. The van der Waals surface area contributed by atoms with Crippen LogP contribution in [0.3, 0.4) is 0 Å². The summed E-state index contributed by atoms with van der Waals surface area (Å²) >= 11 is 0. The summed E-state index contributed by atoms with van der Waals surface area (Å²) in [6.07, 6.45) is 5.14. The first-order valence-electron chi connectivity index (χ1n) is 7.04. The number of hydrogen-bond acceptors (Lipinski definition) is 4. The van der Waals surface area contributed by atoms with Gasteiger partial charge in [0.15, 0.2) is 5.75 Å². The number of anilines is 1. The molecule has 0 spiro atoms. The van der Waals surface area contributed by atoms with Gasteiger partial charge in [-0.25, -0.2) is 0 Å². The first-order valence-corrected chi connectivity index (χ1v) is 7.04. The molecule has 1 aromatic rings. The van der Waals surface area contributed by atoms with Crippen LogP contribution in [0.5, 0.6) is 5.75 Å². The maximum atomic E-state index is 12.1. The Morgan fingerprint density at radius 2 is 2.15 bits per heavy atom. The average Bonchev–Trinajstić information content (AvgIpc) is 2.96. The van der Waals surface area contributed by atoms with Gasteiger partial charge in [0.25, 0.3) is 5.91 Å². The summed E-state index contributed by atoms with van der Waals surface area (Å²) in [5, 5.41) is 2.83. The molecule has 1 aliphatic rings. The molecular weight excluding hydrogens is 256 g/mol. The molecular formula is C15H22N2O3. The standard InChI is InChI=1S/C15H22N2O3/c1-19-14-12(7-4-8-13(14)16)15(18)17-9-10-20-11-5-2-3-6-11/h4,7-8,11H,2-3,5-6,9-10,16H2,1H3,(H,17,18). The molecule has 110 valence electrons. The molecule has 0 aliphatic heterocycles. The third kappa shape index (κ3) is 3.63. The molecule has 1 aliphatic carbocycles. The number of para-hydroxylation sites is 1. The number of rotatable bonds is 6. The van der Waals surface area contributed by atoms with Gasteiger partial charge in [0, 0.05) is 6.54 Å². The van der Waals surface area contributed by atoms with Crippen LogP contribution in [0.1, 0.15) is 36.0 Å². The molecule has 0 atom stereocenters. The molecule has 0 heterocycles. The van der Waals surface area contributed by atoms with Crippen LogP contribution in [-0.2, 0) is 4.74 Å². The number of amides is 1. The second kappa shape index (κ2) is 7.14. The SMILES string of the molecule is COc1c(N)cccc1C(=O)NCCOC1CCCC1. The molecule has 1 amide bonds. The monoisotopic (exact) mass is 278 g/mol. The van der Waals surface area contributed by atoms with Gasteiger partial charge in [-0.15, -0.1) is 0 Å². The van der Waals surface area contributed by atoms with E-state index in [9.17, 15) is 4.79 Å². The van der Waals surface area contributed by atoms with Gasteiger partial charge in [-0.3, -0.25) is 4.79 Å². The third-order valence-corrected chi connectivity index (χ3v) is 3.54. The van der Waals surface area contributed by atoms with Crippen LogP contribution in [-0.4, -0.2) is 32.3 Å². The summed E-state index contributed by atoms with van der Waals surface area (Å²) < 4.78 is 10.9. The molecule has 0 saturated heterocycles. The van der Waals surface area contributed by atoms with E-state index in [1.54, 1.807) is 18.2 Å². The zero-order chi connectivity index (χ0) is 14.4. The smallest absolute Gasteiger partial charge is 0.255 e. The van der Waals surface area contributed by atoms with Crippen molar-refractivity contribution >= 4 is 11.6 Å². The number of benzene rings is 1. The Morgan fingerprint density at radius 3 is 2.85 bits per heavy atom. The molecule has 0 radical (unpaired) electrons.